The van der Waals surface area contributed by atoms with E-state index >= 15 is 0 Å². The van der Waals surface area contributed by atoms with Gasteiger partial charge in [-0.3, -0.25) is 4.79 Å². The van der Waals surface area contributed by atoms with Crippen molar-refractivity contribution in [1.82, 2.24) is 14.8 Å². The summed E-state index contributed by atoms with van der Waals surface area (Å²) in [6.07, 6.45) is 2.55. The lowest BCUT2D eigenvalue weighted by Gasteiger charge is -2.19. The molecule has 1 N–H and O–H groups in total. The number of nitrogens with one attached hydrogen (secondary N) is 1. The number of hydrogen-bond donors (Lipinski definition) is 1. The van der Waals surface area contributed by atoms with Crippen molar-refractivity contribution in [2.24, 2.45) is 7.05 Å². The number of aryl methyl sites for hydroxylation is 2. The summed E-state index contributed by atoms with van der Waals surface area (Å²) in [6, 6.07) is 2.20. The van der Waals surface area contributed by atoms with Crippen molar-refractivity contribution in [1.29, 1.82) is 0 Å². The van der Waals surface area contributed by atoms with Crippen molar-refractivity contribution in [3.8, 4) is 0 Å². The average Bonchev–Trinajstić information content (AvgIpc) is 2.65. The Morgan fingerprint density at radius 1 is 1.32 bits per heavy atom. The first-order chi connectivity index (χ1) is 9.09. The van der Waals surface area contributed by atoms with E-state index in [2.05, 4.69) is 36.8 Å². The van der Waals surface area contributed by atoms with Crippen LogP contribution in [0.4, 0.5) is 0 Å². The maximum absolute atomic E-state index is 12.2. The molecule has 0 radical (unpaired) electrons. The zero-order valence-corrected chi connectivity index (χ0v) is 12.3. The number of carbonyl (C=O) groups is 1. The van der Waals surface area contributed by atoms with Crippen molar-refractivity contribution in [2.45, 2.75) is 33.1 Å². The highest BCUT2D eigenvalue weighted by Crippen LogP contribution is 2.15. The van der Waals surface area contributed by atoms with Crippen LogP contribution in [0.3, 0.4) is 0 Å². The second-order valence-corrected chi connectivity index (χ2v) is 5.44. The smallest absolute Gasteiger partial charge is 0.222 e. The van der Waals surface area contributed by atoms with Crippen LogP contribution in [0.15, 0.2) is 6.07 Å². The Balaban J connectivity index is 1.90. The first kappa shape index (κ1) is 14.1. The van der Waals surface area contributed by atoms with Crippen molar-refractivity contribution in [3.63, 3.8) is 0 Å². The molecule has 1 aromatic rings. The molecule has 0 spiro atoms. The van der Waals surface area contributed by atoms with Gasteiger partial charge in [-0.15, -0.1) is 0 Å². The third-order valence-corrected chi connectivity index (χ3v) is 4.18. The van der Waals surface area contributed by atoms with Crippen LogP contribution in [0.25, 0.3) is 0 Å². The fourth-order valence-corrected chi connectivity index (χ4v) is 2.68. The van der Waals surface area contributed by atoms with Crippen LogP contribution in [-0.4, -0.2) is 41.6 Å². The molecule has 1 amide bonds. The van der Waals surface area contributed by atoms with E-state index in [4.69, 9.17) is 0 Å². The molecule has 0 bridgehead atoms. The maximum atomic E-state index is 12.2. The van der Waals surface area contributed by atoms with E-state index < -0.39 is 0 Å². The molecule has 4 nitrogen and oxygen atoms in total. The first-order valence-electron chi connectivity index (χ1n) is 7.20. The molecule has 0 saturated carbocycles. The number of hydrogen-bond acceptors (Lipinski definition) is 2. The van der Waals surface area contributed by atoms with E-state index in [1.54, 1.807) is 0 Å². The molecule has 1 aliphatic rings. The Bertz CT molecular complexity index is 442. The summed E-state index contributed by atoms with van der Waals surface area (Å²) in [6.45, 7) is 7.95. The largest absolute Gasteiger partial charge is 0.352 e. The molecule has 0 unspecified atom stereocenters. The van der Waals surface area contributed by atoms with Crippen molar-refractivity contribution in [2.75, 3.05) is 26.2 Å². The molecule has 1 saturated heterocycles. The van der Waals surface area contributed by atoms with Gasteiger partial charge in [-0.2, -0.15) is 0 Å². The maximum Gasteiger partial charge on any atom is 0.222 e. The van der Waals surface area contributed by atoms with Crippen LogP contribution >= 0.6 is 0 Å². The Morgan fingerprint density at radius 3 is 2.79 bits per heavy atom. The highest BCUT2D eigenvalue weighted by Gasteiger charge is 2.16. The van der Waals surface area contributed by atoms with E-state index in [0.717, 1.165) is 39.0 Å². The molecule has 19 heavy (non-hydrogen) atoms. The Labute approximate surface area is 115 Å². The van der Waals surface area contributed by atoms with Gasteiger partial charge < -0.3 is 14.8 Å². The van der Waals surface area contributed by atoms with Crippen LogP contribution in [0.2, 0.25) is 0 Å². The van der Waals surface area contributed by atoms with Crippen molar-refractivity contribution >= 4 is 5.91 Å². The number of aromatic nitrogens is 1. The lowest BCUT2D eigenvalue weighted by molar-refractivity contribution is -0.130. The van der Waals surface area contributed by atoms with E-state index in [-0.39, 0.29) is 0 Å². The minimum atomic E-state index is 0.296. The van der Waals surface area contributed by atoms with E-state index in [1.165, 1.54) is 17.0 Å². The number of carbonyl (C=O) groups excluding carboxylic acids is 1. The molecule has 106 valence electrons. The SMILES string of the molecule is Cc1cc(CCC(=O)N2CCCNCC2)c(C)n1C. The van der Waals surface area contributed by atoms with Crippen LogP contribution in [-0.2, 0) is 18.3 Å². The molecule has 1 aromatic heterocycles. The predicted molar refractivity (Wildman–Crippen MR) is 77.3 cm³/mol. The standard InChI is InChI=1S/C15H25N3O/c1-12-11-14(13(2)17(12)3)5-6-15(19)18-9-4-7-16-8-10-18/h11,16H,4-10H2,1-3H3. The summed E-state index contributed by atoms with van der Waals surface area (Å²) >= 11 is 0. The van der Waals surface area contributed by atoms with Gasteiger partial charge in [-0.25, -0.2) is 0 Å². The van der Waals surface area contributed by atoms with Gasteiger partial charge in [0, 0.05) is 44.5 Å². The Hall–Kier alpha value is -1.29. The molecule has 0 aliphatic carbocycles. The molecular formula is C15H25N3O. The number of rotatable bonds is 3. The fraction of sp³-hybridized carbons (Fsp3) is 0.667. The van der Waals surface area contributed by atoms with Crippen molar-refractivity contribution in [3.05, 3.63) is 23.0 Å². The Morgan fingerprint density at radius 2 is 2.11 bits per heavy atom. The number of amides is 1. The molecule has 2 heterocycles. The summed E-state index contributed by atoms with van der Waals surface area (Å²) in [5.41, 5.74) is 3.85. The zero-order chi connectivity index (χ0) is 13.8. The van der Waals surface area contributed by atoms with Crippen molar-refractivity contribution < 1.29 is 4.79 Å². The lowest BCUT2D eigenvalue weighted by Crippen LogP contribution is -2.34. The van der Waals surface area contributed by atoms with Gasteiger partial charge in [0.25, 0.3) is 0 Å². The monoisotopic (exact) mass is 263 g/mol. The van der Waals surface area contributed by atoms with E-state index in [1.807, 2.05) is 4.90 Å². The Kier molecular flexibility index (Phi) is 4.64. The minimum absolute atomic E-state index is 0.296. The third kappa shape index (κ3) is 3.38. The van der Waals surface area contributed by atoms with Crippen LogP contribution < -0.4 is 5.32 Å². The normalized spacial score (nSPS) is 16.5. The van der Waals surface area contributed by atoms with Gasteiger partial charge in [0.15, 0.2) is 0 Å². The highest BCUT2D eigenvalue weighted by molar-refractivity contribution is 5.76. The average molecular weight is 263 g/mol. The van der Waals surface area contributed by atoms with Crippen LogP contribution in [0.1, 0.15) is 29.8 Å². The lowest BCUT2D eigenvalue weighted by atomic mass is 10.1. The molecule has 1 fully saturated rings. The summed E-state index contributed by atoms with van der Waals surface area (Å²) < 4.78 is 2.19. The molecule has 1 aliphatic heterocycles. The summed E-state index contributed by atoms with van der Waals surface area (Å²) in [4.78, 5) is 14.2. The van der Waals surface area contributed by atoms with Crippen LogP contribution in [0.5, 0.6) is 0 Å². The second-order valence-electron chi connectivity index (χ2n) is 5.44. The summed E-state index contributed by atoms with van der Waals surface area (Å²) in [5, 5.41) is 3.33. The zero-order valence-electron chi connectivity index (χ0n) is 12.3. The van der Waals surface area contributed by atoms with Gasteiger partial charge >= 0.3 is 0 Å². The van der Waals surface area contributed by atoms with E-state index in [9.17, 15) is 4.79 Å². The van der Waals surface area contributed by atoms with Gasteiger partial charge in [-0.05, 0) is 44.9 Å². The number of nitrogens with zero attached hydrogens (tertiary/aromatic N) is 2. The quantitative estimate of drug-likeness (QED) is 0.895. The van der Waals surface area contributed by atoms with Gasteiger partial charge in [-0.1, -0.05) is 0 Å². The van der Waals surface area contributed by atoms with Gasteiger partial charge in [0.1, 0.15) is 0 Å². The molecular weight excluding hydrogens is 238 g/mol. The fourth-order valence-electron chi connectivity index (χ4n) is 2.68. The third-order valence-electron chi connectivity index (χ3n) is 4.18. The predicted octanol–water partition coefficient (Wildman–Crippen LogP) is 1.40. The second kappa shape index (κ2) is 6.24. The highest BCUT2D eigenvalue weighted by atomic mass is 16.2. The molecule has 2 rings (SSSR count). The molecule has 0 aromatic carbocycles. The van der Waals surface area contributed by atoms with Gasteiger partial charge in [0.05, 0.1) is 0 Å². The molecule has 4 heteroatoms. The topological polar surface area (TPSA) is 37.3 Å². The summed E-state index contributed by atoms with van der Waals surface area (Å²) in [5.74, 6) is 0.296. The summed E-state index contributed by atoms with van der Waals surface area (Å²) in [7, 11) is 2.08. The first-order valence-corrected chi connectivity index (χ1v) is 7.20. The van der Waals surface area contributed by atoms with E-state index in [0.29, 0.717) is 12.3 Å². The van der Waals surface area contributed by atoms with Crippen LogP contribution in [0, 0.1) is 13.8 Å². The molecule has 0 atom stereocenters. The van der Waals surface area contributed by atoms with Gasteiger partial charge in [0.2, 0.25) is 5.91 Å². The minimum Gasteiger partial charge on any atom is -0.352 e.